The maximum atomic E-state index is 8.80. The molecule has 1 aromatic heterocycles. The minimum absolute atomic E-state index is 0.516. The molecule has 1 heterocycles. The summed E-state index contributed by atoms with van der Waals surface area (Å²) in [5.74, 6) is 1.40. The molecule has 2 aromatic rings. The van der Waals surface area contributed by atoms with Crippen molar-refractivity contribution in [2.75, 3.05) is 11.9 Å². The van der Waals surface area contributed by atoms with Crippen molar-refractivity contribution in [1.29, 1.82) is 5.26 Å². The van der Waals surface area contributed by atoms with Gasteiger partial charge in [-0.3, -0.25) is 0 Å². The Hall–Kier alpha value is -1.99. The van der Waals surface area contributed by atoms with Gasteiger partial charge >= 0.3 is 0 Å². The summed E-state index contributed by atoms with van der Waals surface area (Å²) in [4.78, 5) is 1.89. The first-order valence-corrected chi connectivity index (χ1v) is 7.44. The van der Waals surface area contributed by atoms with Gasteiger partial charge in [-0.05, 0) is 30.2 Å². The first-order chi connectivity index (χ1) is 9.67. The Labute approximate surface area is 123 Å². The molecule has 0 spiro atoms. The molecule has 0 saturated carbocycles. The van der Waals surface area contributed by atoms with Gasteiger partial charge in [0.05, 0.1) is 6.61 Å². The number of benzene rings is 1. The molecule has 0 aliphatic rings. The summed E-state index contributed by atoms with van der Waals surface area (Å²) in [6.07, 6.45) is 0. The lowest BCUT2D eigenvalue weighted by Gasteiger charge is -2.10. The number of thiophene rings is 1. The van der Waals surface area contributed by atoms with Gasteiger partial charge < -0.3 is 10.1 Å². The van der Waals surface area contributed by atoms with Crippen LogP contribution in [0, 0.1) is 17.2 Å². The third kappa shape index (κ3) is 4.29. The zero-order valence-corrected chi connectivity index (χ0v) is 12.5. The molecule has 0 saturated heterocycles. The third-order valence-corrected chi connectivity index (χ3v) is 3.65. The fourth-order valence-electron chi connectivity index (χ4n) is 1.68. The maximum absolute atomic E-state index is 8.80. The second-order valence-corrected chi connectivity index (χ2v) is 6.13. The van der Waals surface area contributed by atoms with E-state index >= 15 is 0 Å². The largest absolute Gasteiger partial charge is 0.493 e. The van der Waals surface area contributed by atoms with Crippen molar-refractivity contribution >= 4 is 17.0 Å². The van der Waals surface area contributed by atoms with Crippen molar-refractivity contribution in [3.63, 3.8) is 0 Å². The highest BCUT2D eigenvalue weighted by atomic mass is 32.1. The smallest absolute Gasteiger partial charge is 0.121 e. The van der Waals surface area contributed by atoms with Crippen molar-refractivity contribution in [2.45, 2.75) is 20.4 Å². The number of nitrogens with zero attached hydrogens (tertiary/aromatic N) is 1. The summed E-state index contributed by atoms with van der Waals surface area (Å²) >= 11 is 1.52. The average Bonchev–Trinajstić information content (AvgIpc) is 2.91. The van der Waals surface area contributed by atoms with Crippen LogP contribution in [-0.2, 0) is 6.54 Å². The van der Waals surface area contributed by atoms with E-state index in [0.29, 0.717) is 5.92 Å². The molecule has 0 bridgehead atoms. The number of hydrogen-bond donors (Lipinski definition) is 1. The third-order valence-electron chi connectivity index (χ3n) is 2.66. The van der Waals surface area contributed by atoms with E-state index in [9.17, 15) is 0 Å². The molecule has 0 atom stereocenters. The summed E-state index contributed by atoms with van der Waals surface area (Å²) in [7, 11) is 0. The number of anilines is 1. The number of nitrogens with one attached hydrogen (secondary N) is 1. The summed E-state index contributed by atoms with van der Waals surface area (Å²) in [6.45, 7) is 5.71. The molecule has 1 N–H and O–H groups in total. The lowest BCUT2D eigenvalue weighted by molar-refractivity contribution is 0.271. The van der Waals surface area contributed by atoms with Crippen LogP contribution < -0.4 is 10.1 Å². The van der Waals surface area contributed by atoms with Gasteiger partial charge in [-0.1, -0.05) is 19.9 Å². The minimum Gasteiger partial charge on any atom is -0.493 e. The standard InChI is InChI=1S/C16H18N2OS/c1-12(2)11-19-14-5-3-4-13(8-14)18-10-16-7-6-15(9-17)20-16/h3-8,12,18H,10-11H2,1-2H3. The van der Waals surface area contributed by atoms with E-state index in [1.807, 2.05) is 36.4 Å². The van der Waals surface area contributed by atoms with Crippen LogP contribution in [0.1, 0.15) is 23.6 Å². The Morgan fingerprint density at radius 2 is 2.15 bits per heavy atom. The molecule has 0 radical (unpaired) electrons. The van der Waals surface area contributed by atoms with Gasteiger partial charge in [0, 0.05) is 23.2 Å². The topological polar surface area (TPSA) is 45.0 Å². The Kier molecular flexibility index (Phi) is 5.03. The van der Waals surface area contributed by atoms with Crippen molar-refractivity contribution in [3.05, 3.63) is 46.2 Å². The predicted octanol–water partition coefficient (Wildman–Crippen LogP) is 4.27. The van der Waals surface area contributed by atoms with Crippen LogP contribution in [-0.4, -0.2) is 6.61 Å². The predicted molar refractivity (Wildman–Crippen MR) is 83.1 cm³/mol. The molecule has 0 aliphatic heterocycles. The van der Waals surface area contributed by atoms with E-state index in [0.717, 1.165) is 34.3 Å². The Bertz CT molecular complexity index is 599. The summed E-state index contributed by atoms with van der Waals surface area (Å²) in [5.41, 5.74) is 1.03. The molecule has 2 rings (SSSR count). The van der Waals surface area contributed by atoms with Crippen LogP contribution >= 0.6 is 11.3 Å². The van der Waals surface area contributed by atoms with Crippen LogP contribution in [0.3, 0.4) is 0 Å². The van der Waals surface area contributed by atoms with E-state index in [4.69, 9.17) is 10.00 Å². The number of rotatable bonds is 6. The SMILES string of the molecule is CC(C)COc1cccc(NCc2ccc(C#N)s2)c1. The molecule has 1 aromatic carbocycles. The monoisotopic (exact) mass is 286 g/mol. The highest BCUT2D eigenvalue weighted by molar-refractivity contribution is 7.12. The summed E-state index contributed by atoms with van der Waals surface area (Å²) in [5, 5.41) is 12.1. The van der Waals surface area contributed by atoms with Gasteiger partial charge in [-0.15, -0.1) is 11.3 Å². The zero-order chi connectivity index (χ0) is 14.4. The second-order valence-electron chi connectivity index (χ2n) is 4.96. The van der Waals surface area contributed by atoms with Crippen LogP contribution in [0.15, 0.2) is 36.4 Å². The van der Waals surface area contributed by atoms with Crippen molar-refractivity contribution in [3.8, 4) is 11.8 Å². The van der Waals surface area contributed by atoms with Gasteiger partial charge in [0.2, 0.25) is 0 Å². The summed E-state index contributed by atoms with van der Waals surface area (Å²) < 4.78 is 5.70. The molecule has 0 aliphatic carbocycles. The van der Waals surface area contributed by atoms with Gasteiger partial charge in [-0.2, -0.15) is 5.26 Å². The maximum Gasteiger partial charge on any atom is 0.121 e. The molecule has 0 fully saturated rings. The molecule has 0 amide bonds. The lowest BCUT2D eigenvalue weighted by Crippen LogP contribution is -2.05. The average molecular weight is 286 g/mol. The first-order valence-electron chi connectivity index (χ1n) is 6.63. The van der Waals surface area contributed by atoms with Crippen LogP contribution in [0.5, 0.6) is 5.75 Å². The van der Waals surface area contributed by atoms with Crippen LogP contribution in [0.4, 0.5) is 5.69 Å². The van der Waals surface area contributed by atoms with E-state index in [-0.39, 0.29) is 0 Å². The van der Waals surface area contributed by atoms with Crippen molar-refractivity contribution in [2.24, 2.45) is 5.92 Å². The Morgan fingerprint density at radius 1 is 1.30 bits per heavy atom. The quantitative estimate of drug-likeness (QED) is 0.862. The number of hydrogen-bond acceptors (Lipinski definition) is 4. The van der Waals surface area contributed by atoms with Crippen LogP contribution in [0.25, 0.3) is 0 Å². The fourth-order valence-corrected chi connectivity index (χ4v) is 2.43. The molecular formula is C16H18N2OS. The molecule has 4 heteroatoms. The first kappa shape index (κ1) is 14.4. The lowest BCUT2D eigenvalue weighted by atomic mass is 10.2. The molecular weight excluding hydrogens is 268 g/mol. The number of nitriles is 1. The van der Waals surface area contributed by atoms with E-state index in [1.165, 1.54) is 11.3 Å². The zero-order valence-electron chi connectivity index (χ0n) is 11.7. The fraction of sp³-hybridized carbons (Fsp3) is 0.312. The number of ether oxygens (including phenoxy) is 1. The van der Waals surface area contributed by atoms with Gasteiger partial charge in [0.15, 0.2) is 0 Å². The Morgan fingerprint density at radius 3 is 2.85 bits per heavy atom. The molecule has 0 unspecified atom stereocenters. The molecule has 104 valence electrons. The van der Waals surface area contributed by atoms with Gasteiger partial charge in [-0.25, -0.2) is 0 Å². The van der Waals surface area contributed by atoms with E-state index < -0.39 is 0 Å². The molecule has 3 nitrogen and oxygen atoms in total. The highest BCUT2D eigenvalue weighted by Gasteiger charge is 2.01. The van der Waals surface area contributed by atoms with Gasteiger partial charge in [0.1, 0.15) is 16.7 Å². The second kappa shape index (κ2) is 6.97. The van der Waals surface area contributed by atoms with E-state index in [2.05, 4.69) is 25.2 Å². The minimum atomic E-state index is 0.516. The van der Waals surface area contributed by atoms with Crippen molar-refractivity contribution in [1.82, 2.24) is 0 Å². The van der Waals surface area contributed by atoms with E-state index in [1.54, 1.807) is 0 Å². The summed E-state index contributed by atoms with van der Waals surface area (Å²) in [6, 6.07) is 13.9. The van der Waals surface area contributed by atoms with Crippen molar-refractivity contribution < 1.29 is 4.74 Å². The normalized spacial score (nSPS) is 10.3. The highest BCUT2D eigenvalue weighted by Crippen LogP contribution is 2.20. The molecule has 20 heavy (non-hydrogen) atoms. The van der Waals surface area contributed by atoms with Crippen LogP contribution in [0.2, 0.25) is 0 Å². The Balaban J connectivity index is 1.92. The van der Waals surface area contributed by atoms with Gasteiger partial charge in [0.25, 0.3) is 0 Å².